The molecular weight excluding hydrogens is 314 g/mol. The molecule has 0 aliphatic heterocycles. The Kier molecular flexibility index (Phi) is 4.76. The van der Waals surface area contributed by atoms with E-state index in [1.54, 1.807) is 14.2 Å². The SMILES string of the molecule is COc1cc2nc(Cl)nc(N[C@@H]3CCCC[C@H]3C)c2cc1OC. The summed E-state index contributed by atoms with van der Waals surface area (Å²) in [5.41, 5.74) is 0.744. The van der Waals surface area contributed by atoms with Gasteiger partial charge in [-0.25, -0.2) is 9.97 Å². The van der Waals surface area contributed by atoms with Crippen LogP contribution in [0.1, 0.15) is 32.6 Å². The van der Waals surface area contributed by atoms with Crippen molar-refractivity contribution in [2.24, 2.45) is 5.92 Å². The maximum atomic E-state index is 6.11. The van der Waals surface area contributed by atoms with Crippen LogP contribution >= 0.6 is 11.6 Å². The number of hydrogen-bond donors (Lipinski definition) is 1. The molecule has 0 amide bonds. The third-order valence-corrected chi connectivity index (χ3v) is 4.78. The zero-order valence-corrected chi connectivity index (χ0v) is 14.5. The monoisotopic (exact) mass is 335 g/mol. The molecule has 3 rings (SSSR count). The zero-order valence-electron chi connectivity index (χ0n) is 13.7. The Morgan fingerprint density at radius 2 is 1.78 bits per heavy atom. The molecule has 0 unspecified atom stereocenters. The van der Waals surface area contributed by atoms with E-state index in [0.717, 1.165) is 23.1 Å². The fraction of sp³-hybridized carbons (Fsp3) is 0.529. The van der Waals surface area contributed by atoms with Gasteiger partial charge < -0.3 is 14.8 Å². The van der Waals surface area contributed by atoms with E-state index in [1.165, 1.54) is 19.3 Å². The molecule has 1 saturated carbocycles. The highest BCUT2D eigenvalue weighted by atomic mass is 35.5. The second kappa shape index (κ2) is 6.79. The summed E-state index contributed by atoms with van der Waals surface area (Å²) in [5.74, 6) is 2.67. The summed E-state index contributed by atoms with van der Waals surface area (Å²) in [7, 11) is 3.23. The number of methoxy groups -OCH3 is 2. The van der Waals surface area contributed by atoms with E-state index in [0.29, 0.717) is 23.5 Å². The Balaban J connectivity index is 2.04. The fourth-order valence-corrected chi connectivity index (χ4v) is 3.42. The Labute approximate surface area is 141 Å². The van der Waals surface area contributed by atoms with E-state index in [9.17, 15) is 0 Å². The lowest BCUT2D eigenvalue weighted by Crippen LogP contribution is -2.30. The topological polar surface area (TPSA) is 56.3 Å². The molecule has 0 saturated heterocycles. The molecule has 0 bridgehead atoms. The fourth-order valence-electron chi connectivity index (χ4n) is 3.24. The Bertz CT molecular complexity index is 708. The number of fused-ring (bicyclic) bond motifs is 1. The number of rotatable bonds is 4. The molecule has 2 atom stereocenters. The molecule has 1 aromatic heterocycles. The van der Waals surface area contributed by atoms with Crippen molar-refractivity contribution in [2.45, 2.75) is 38.6 Å². The third kappa shape index (κ3) is 3.29. The normalized spacial score (nSPS) is 21.2. The van der Waals surface area contributed by atoms with Gasteiger partial charge in [0.25, 0.3) is 0 Å². The van der Waals surface area contributed by atoms with Crippen molar-refractivity contribution in [1.29, 1.82) is 0 Å². The molecule has 1 fully saturated rings. The van der Waals surface area contributed by atoms with Crippen molar-refractivity contribution in [3.63, 3.8) is 0 Å². The van der Waals surface area contributed by atoms with E-state index >= 15 is 0 Å². The van der Waals surface area contributed by atoms with Crippen LogP contribution in [-0.2, 0) is 0 Å². The largest absolute Gasteiger partial charge is 0.493 e. The van der Waals surface area contributed by atoms with Gasteiger partial charge in [-0.1, -0.05) is 19.8 Å². The van der Waals surface area contributed by atoms with Crippen LogP contribution in [0.5, 0.6) is 11.5 Å². The molecule has 2 aromatic rings. The summed E-state index contributed by atoms with van der Waals surface area (Å²) in [6, 6.07) is 4.14. The van der Waals surface area contributed by atoms with Crippen LogP contribution in [0, 0.1) is 5.92 Å². The second-order valence-corrected chi connectivity index (χ2v) is 6.42. The van der Waals surface area contributed by atoms with E-state index in [2.05, 4.69) is 22.2 Å². The molecule has 0 radical (unpaired) electrons. The van der Waals surface area contributed by atoms with Gasteiger partial charge in [-0.3, -0.25) is 0 Å². The molecule has 5 nitrogen and oxygen atoms in total. The average molecular weight is 336 g/mol. The predicted octanol–water partition coefficient (Wildman–Crippen LogP) is 4.29. The third-order valence-electron chi connectivity index (χ3n) is 4.61. The molecular formula is C17H22ClN3O2. The minimum Gasteiger partial charge on any atom is -0.493 e. The van der Waals surface area contributed by atoms with E-state index in [-0.39, 0.29) is 5.28 Å². The second-order valence-electron chi connectivity index (χ2n) is 6.08. The molecule has 1 aliphatic carbocycles. The number of benzene rings is 1. The van der Waals surface area contributed by atoms with Gasteiger partial charge in [0.05, 0.1) is 19.7 Å². The van der Waals surface area contributed by atoms with Gasteiger partial charge >= 0.3 is 0 Å². The summed E-state index contributed by atoms with van der Waals surface area (Å²) in [4.78, 5) is 8.72. The number of halogens is 1. The number of ether oxygens (including phenoxy) is 2. The first-order valence-electron chi connectivity index (χ1n) is 7.98. The van der Waals surface area contributed by atoms with Gasteiger partial charge in [-0.2, -0.15) is 0 Å². The highest BCUT2D eigenvalue weighted by molar-refractivity contribution is 6.28. The van der Waals surface area contributed by atoms with Crippen LogP contribution in [-0.4, -0.2) is 30.2 Å². The molecule has 0 spiro atoms. The molecule has 124 valence electrons. The van der Waals surface area contributed by atoms with Crippen molar-refractivity contribution in [1.82, 2.24) is 9.97 Å². The maximum absolute atomic E-state index is 6.11. The van der Waals surface area contributed by atoms with E-state index in [4.69, 9.17) is 21.1 Å². The maximum Gasteiger partial charge on any atom is 0.224 e. The number of aromatic nitrogens is 2. The lowest BCUT2D eigenvalue weighted by molar-refractivity contribution is 0.349. The molecule has 6 heteroatoms. The van der Waals surface area contributed by atoms with Crippen molar-refractivity contribution in [3.8, 4) is 11.5 Å². The summed E-state index contributed by atoms with van der Waals surface area (Å²) in [6.45, 7) is 2.28. The van der Waals surface area contributed by atoms with Crippen LogP contribution in [0.2, 0.25) is 5.28 Å². The average Bonchev–Trinajstić information content (AvgIpc) is 2.55. The first-order valence-corrected chi connectivity index (χ1v) is 8.36. The van der Waals surface area contributed by atoms with Crippen LogP contribution in [0.4, 0.5) is 5.82 Å². The minimum absolute atomic E-state index is 0.232. The van der Waals surface area contributed by atoms with Crippen LogP contribution in [0.3, 0.4) is 0 Å². The van der Waals surface area contributed by atoms with Crippen LogP contribution < -0.4 is 14.8 Å². The van der Waals surface area contributed by atoms with Gasteiger partial charge in [-0.15, -0.1) is 0 Å². The van der Waals surface area contributed by atoms with E-state index in [1.807, 2.05) is 12.1 Å². The van der Waals surface area contributed by atoms with Gasteiger partial charge in [0.2, 0.25) is 5.28 Å². The predicted molar refractivity (Wildman–Crippen MR) is 92.7 cm³/mol. The van der Waals surface area contributed by atoms with Crippen LogP contribution in [0.15, 0.2) is 12.1 Å². The quantitative estimate of drug-likeness (QED) is 0.844. The Morgan fingerprint density at radius 1 is 1.09 bits per heavy atom. The number of nitrogens with zero attached hydrogens (tertiary/aromatic N) is 2. The van der Waals surface area contributed by atoms with Crippen molar-refractivity contribution in [3.05, 3.63) is 17.4 Å². The standard InChI is InChI=1S/C17H22ClN3O2/c1-10-6-4-5-7-12(10)19-16-11-8-14(22-2)15(23-3)9-13(11)20-17(18)21-16/h8-10,12H,4-7H2,1-3H3,(H,19,20,21)/t10-,12-/m1/s1. The number of hydrogen-bond acceptors (Lipinski definition) is 5. The molecule has 1 heterocycles. The van der Waals surface area contributed by atoms with Crippen molar-refractivity contribution < 1.29 is 9.47 Å². The zero-order chi connectivity index (χ0) is 16.4. The van der Waals surface area contributed by atoms with Gasteiger partial charge in [-0.05, 0) is 36.4 Å². The summed E-state index contributed by atoms with van der Waals surface area (Å²) < 4.78 is 10.7. The summed E-state index contributed by atoms with van der Waals surface area (Å²) in [5, 5.41) is 4.70. The molecule has 1 aliphatic rings. The first kappa shape index (κ1) is 16.1. The van der Waals surface area contributed by atoms with Gasteiger partial charge in [0, 0.05) is 17.5 Å². The first-order chi connectivity index (χ1) is 11.1. The van der Waals surface area contributed by atoms with E-state index < -0.39 is 0 Å². The number of nitrogens with one attached hydrogen (secondary N) is 1. The lowest BCUT2D eigenvalue weighted by atomic mass is 9.86. The van der Waals surface area contributed by atoms with Crippen molar-refractivity contribution >= 4 is 28.3 Å². The van der Waals surface area contributed by atoms with Gasteiger partial charge in [0.1, 0.15) is 5.82 Å². The highest BCUT2D eigenvalue weighted by Crippen LogP contribution is 2.36. The summed E-state index contributed by atoms with van der Waals surface area (Å²) >= 11 is 6.11. The lowest BCUT2D eigenvalue weighted by Gasteiger charge is -2.30. The molecule has 1 aromatic carbocycles. The van der Waals surface area contributed by atoms with Crippen LogP contribution in [0.25, 0.3) is 10.9 Å². The van der Waals surface area contributed by atoms with Gasteiger partial charge in [0.15, 0.2) is 11.5 Å². The minimum atomic E-state index is 0.232. The smallest absolute Gasteiger partial charge is 0.224 e. The number of anilines is 1. The molecule has 1 N–H and O–H groups in total. The highest BCUT2D eigenvalue weighted by Gasteiger charge is 2.23. The van der Waals surface area contributed by atoms with Crippen molar-refractivity contribution in [2.75, 3.05) is 19.5 Å². The molecule has 23 heavy (non-hydrogen) atoms. The Morgan fingerprint density at radius 3 is 2.48 bits per heavy atom. The summed E-state index contributed by atoms with van der Waals surface area (Å²) in [6.07, 6.45) is 4.94. The Hall–Kier alpha value is -1.75.